The molecule has 0 aliphatic carbocycles. The number of aromatic amines is 1. The van der Waals surface area contributed by atoms with Crippen LogP contribution in [0.5, 0.6) is 0 Å². The lowest BCUT2D eigenvalue weighted by molar-refractivity contribution is 0.0595. The Hall–Kier alpha value is -1.83. The molecular formula is C10H9F2N3O2S. The summed E-state index contributed by atoms with van der Waals surface area (Å²) in [5.74, 6) is -0.617. The molecule has 0 fully saturated rings. The quantitative estimate of drug-likeness (QED) is 0.873. The number of carbonyl (C=O) groups excluding carboxylic acids is 1. The first kappa shape index (κ1) is 12.6. The third kappa shape index (κ3) is 2.10. The molecule has 2 rings (SSSR count). The molecule has 0 aromatic carbocycles. The molecule has 0 saturated heterocycles. The molecule has 1 N–H and O–H groups in total. The van der Waals surface area contributed by atoms with Crippen molar-refractivity contribution in [1.29, 1.82) is 0 Å². The van der Waals surface area contributed by atoms with Crippen molar-refractivity contribution in [2.75, 3.05) is 7.11 Å². The maximum atomic E-state index is 12.6. The normalized spacial score (nSPS) is 10.9. The molecule has 0 aliphatic heterocycles. The fourth-order valence-corrected chi connectivity index (χ4v) is 2.37. The van der Waals surface area contributed by atoms with Crippen LogP contribution in [-0.4, -0.2) is 28.3 Å². The lowest BCUT2D eigenvalue weighted by Crippen LogP contribution is -2.03. The van der Waals surface area contributed by atoms with Crippen LogP contribution in [0.2, 0.25) is 0 Å². The van der Waals surface area contributed by atoms with E-state index in [1.54, 1.807) is 6.92 Å². The molecule has 5 nitrogen and oxygen atoms in total. The number of thiazole rings is 1. The summed E-state index contributed by atoms with van der Waals surface area (Å²) < 4.78 is 29.8. The predicted octanol–water partition coefficient (Wildman–Crippen LogP) is 2.57. The Kier molecular flexibility index (Phi) is 3.37. The van der Waals surface area contributed by atoms with Gasteiger partial charge in [-0.1, -0.05) is 0 Å². The summed E-state index contributed by atoms with van der Waals surface area (Å²) in [4.78, 5) is 15.7. The smallest absolute Gasteiger partial charge is 0.356 e. The van der Waals surface area contributed by atoms with E-state index in [-0.39, 0.29) is 11.4 Å². The van der Waals surface area contributed by atoms with E-state index in [4.69, 9.17) is 0 Å². The molecule has 0 unspecified atom stereocenters. The zero-order chi connectivity index (χ0) is 13.3. The Morgan fingerprint density at radius 1 is 1.56 bits per heavy atom. The number of carbonyl (C=O) groups is 1. The van der Waals surface area contributed by atoms with E-state index in [1.165, 1.54) is 13.3 Å². The minimum atomic E-state index is -2.64. The Balaban J connectivity index is 2.46. The Bertz CT molecular complexity index is 579. The van der Waals surface area contributed by atoms with Crippen molar-refractivity contribution in [3.05, 3.63) is 22.5 Å². The van der Waals surface area contributed by atoms with E-state index >= 15 is 0 Å². The number of esters is 1. The van der Waals surface area contributed by atoms with Gasteiger partial charge < -0.3 is 4.74 Å². The standard InChI is InChI=1S/C10H9F2N3O2S/c1-4-6(8(11)12)14-9(18-4)5-3-13-15-7(5)10(16)17-2/h3,8H,1-2H3,(H,13,15). The zero-order valence-electron chi connectivity index (χ0n) is 9.53. The number of hydrogen-bond donors (Lipinski definition) is 1. The average Bonchev–Trinajstić information content (AvgIpc) is 2.93. The minimum absolute atomic E-state index is 0.104. The first-order valence-electron chi connectivity index (χ1n) is 4.92. The van der Waals surface area contributed by atoms with Crippen LogP contribution >= 0.6 is 11.3 Å². The van der Waals surface area contributed by atoms with Gasteiger partial charge in [-0.25, -0.2) is 18.6 Å². The highest BCUT2D eigenvalue weighted by atomic mass is 32.1. The number of nitrogens with zero attached hydrogens (tertiary/aromatic N) is 2. The van der Waals surface area contributed by atoms with E-state index in [0.29, 0.717) is 15.4 Å². The molecule has 2 heterocycles. The summed E-state index contributed by atoms with van der Waals surface area (Å²) in [6.07, 6.45) is -1.27. The van der Waals surface area contributed by atoms with Gasteiger partial charge in [0.25, 0.3) is 6.43 Å². The molecule has 0 saturated carbocycles. The maximum absolute atomic E-state index is 12.6. The highest BCUT2D eigenvalue weighted by Gasteiger charge is 2.22. The molecule has 0 aliphatic rings. The number of aromatic nitrogens is 3. The molecule has 0 bridgehead atoms. The Morgan fingerprint density at radius 2 is 2.28 bits per heavy atom. The van der Waals surface area contributed by atoms with E-state index < -0.39 is 12.4 Å². The molecule has 0 atom stereocenters. The van der Waals surface area contributed by atoms with Gasteiger partial charge in [0, 0.05) is 4.88 Å². The number of aryl methyl sites for hydroxylation is 1. The van der Waals surface area contributed by atoms with Crippen LogP contribution in [-0.2, 0) is 4.74 Å². The highest BCUT2D eigenvalue weighted by molar-refractivity contribution is 7.15. The van der Waals surface area contributed by atoms with E-state index in [2.05, 4.69) is 19.9 Å². The van der Waals surface area contributed by atoms with Gasteiger partial charge in [0.1, 0.15) is 10.7 Å². The molecule has 0 radical (unpaired) electrons. The van der Waals surface area contributed by atoms with Gasteiger partial charge in [-0.15, -0.1) is 11.3 Å². The number of H-pyrrole nitrogens is 1. The third-order valence-corrected chi connectivity index (χ3v) is 3.32. The van der Waals surface area contributed by atoms with Crippen molar-refractivity contribution >= 4 is 17.3 Å². The Morgan fingerprint density at radius 3 is 2.83 bits per heavy atom. The van der Waals surface area contributed by atoms with Gasteiger partial charge in [-0.05, 0) is 6.92 Å². The second-order valence-electron chi connectivity index (χ2n) is 3.41. The molecule has 0 amide bonds. The van der Waals surface area contributed by atoms with Gasteiger partial charge in [0.2, 0.25) is 0 Å². The largest absolute Gasteiger partial charge is 0.464 e. The van der Waals surface area contributed by atoms with Crippen molar-refractivity contribution in [2.45, 2.75) is 13.3 Å². The number of halogens is 2. The van der Waals surface area contributed by atoms with Crippen LogP contribution in [0.3, 0.4) is 0 Å². The summed E-state index contributed by atoms with van der Waals surface area (Å²) in [6, 6.07) is 0. The zero-order valence-corrected chi connectivity index (χ0v) is 10.3. The van der Waals surface area contributed by atoms with Crippen LogP contribution in [0.1, 0.15) is 27.5 Å². The average molecular weight is 273 g/mol. The number of hydrogen-bond acceptors (Lipinski definition) is 5. The van der Waals surface area contributed by atoms with Gasteiger partial charge in [-0.3, -0.25) is 5.10 Å². The summed E-state index contributed by atoms with van der Waals surface area (Å²) in [5, 5.41) is 6.49. The van der Waals surface area contributed by atoms with Crippen LogP contribution in [0.15, 0.2) is 6.20 Å². The maximum Gasteiger partial charge on any atom is 0.356 e. The third-order valence-electron chi connectivity index (χ3n) is 2.30. The molecule has 96 valence electrons. The first-order chi connectivity index (χ1) is 8.54. The monoisotopic (exact) mass is 273 g/mol. The summed E-state index contributed by atoms with van der Waals surface area (Å²) in [6.45, 7) is 1.56. The molecule has 0 spiro atoms. The second-order valence-corrected chi connectivity index (χ2v) is 4.61. The summed E-state index contributed by atoms with van der Waals surface area (Å²) >= 11 is 1.08. The Labute approximate surface area is 105 Å². The first-order valence-corrected chi connectivity index (χ1v) is 5.73. The van der Waals surface area contributed by atoms with Crippen LogP contribution in [0.4, 0.5) is 8.78 Å². The predicted molar refractivity (Wildman–Crippen MR) is 60.7 cm³/mol. The number of alkyl halides is 2. The van der Waals surface area contributed by atoms with Crippen LogP contribution < -0.4 is 0 Å². The number of ether oxygens (including phenoxy) is 1. The lowest BCUT2D eigenvalue weighted by Gasteiger charge is -1.97. The van der Waals surface area contributed by atoms with Crippen molar-refractivity contribution in [3.63, 3.8) is 0 Å². The molecule has 2 aromatic rings. The topological polar surface area (TPSA) is 67.9 Å². The summed E-state index contributed by atoms with van der Waals surface area (Å²) in [5.41, 5.74) is 0.195. The molecule has 8 heteroatoms. The second kappa shape index (κ2) is 4.81. The van der Waals surface area contributed by atoms with Gasteiger partial charge in [0.05, 0.1) is 18.9 Å². The van der Waals surface area contributed by atoms with Crippen molar-refractivity contribution in [2.24, 2.45) is 0 Å². The van der Waals surface area contributed by atoms with Crippen molar-refractivity contribution in [1.82, 2.24) is 15.2 Å². The van der Waals surface area contributed by atoms with E-state index in [0.717, 1.165) is 11.3 Å². The number of nitrogens with one attached hydrogen (secondary N) is 1. The van der Waals surface area contributed by atoms with Crippen molar-refractivity contribution in [3.8, 4) is 10.6 Å². The molecule has 2 aromatic heterocycles. The fourth-order valence-electron chi connectivity index (χ4n) is 1.43. The van der Waals surface area contributed by atoms with Gasteiger partial charge >= 0.3 is 5.97 Å². The molecule has 18 heavy (non-hydrogen) atoms. The molecular weight excluding hydrogens is 264 g/mol. The highest BCUT2D eigenvalue weighted by Crippen LogP contribution is 2.33. The van der Waals surface area contributed by atoms with E-state index in [1.807, 2.05) is 0 Å². The van der Waals surface area contributed by atoms with Gasteiger partial charge in [-0.2, -0.15) is 5.10 Å². The van der Waals surface area contributed by atoms with Crippen LogP contribution in [0, 0.1) is 6.92 Å². The van der Waals surface area contributed by atoms with Crippen molar-refractivity contribution < 1.29 is 18.3 Å². The number of rotatable bonds is 3. The number of methoxy groups -OCH3 is 1. The minimum Gasteiger partial charge on any atom is -0.464 e. The summed E-state index contributed by atoms with van der Waals surface area (Å²) in [7, 11) is 1.23. The van der Waals surface area contributed by atoms with Crippen LogP contribution in [0.25, 0.3) is 10.6 Å². The van der Waals surface area contributed by atoms with Gasteiger partial charge in [0.15, 0.2) is 5.69 Å². The SMILES string of the molecule is COC(=O)c1[nH]ncc1-c1nc(C(F)F)c(C)s1. The lowest BCUT2D eigenvalue weighted by atomic mass is 10.2. The fraction of sp³-hybridized carbons (Fsp3) is 0.300. The van der Waals surface area contributed by atoms with E-state index in [9.17, 15) is 13.6 Å².